The van der Waals surface area contributed by atoms with Crippen molar-refractivity contribution < 1.29 is 14.3 Å². The first-order valence-electron chi connectivity index (χ1n) is 9.57. The molecule has 1 unspecified atom stereocenters. The van der Waals surface area contributed by atoms with Gasteiger partial charge >= 0.3 is 6.09 Å². The van der Waals surface area contributed by atoms with Crippen LogP contribution in [0, 0.1) is 0 Å². The highest BCUT2D eigenvalue weighted by Gasteiger charge is 2.23. The van der Waals surface area contributed by atoms with Gasteiger partial charge in [-0.3, -0.25) is 9.89 Å². The maximum Gasteiger partial charge on any atom is 0.407 e. The van der Waals surface area contributed by atoms with Gasteiger partial charge in [0.05, 0.1) is 13.2 Å². The van der Waals surface area contributed by atoms with Gasteiger partial charge in [0.2, 0.25) is 0 Å². The highest BCUT2D eigenvalue weighted by Crippen LogP contribution is 2.16. The largest absolute Gasteiger partial charge is 0.444 e. The van der Waals surface area contributed by atoms with Gasteiger partial charge in [-0.05, 0) is 47.1 Å². The highest BCUT2D eigenvalue weighted by molar-refractivity contribution is 5.79. The highest BCUT2D eigenvalue weighted by atomic mass is 16.6. The second kappa shape index (κ2) is 12.0. The van der Waals surface area contributed by atoms with E-state index in [0.29, 0.717) is 19.1 Å². The lowest BCUT2D eigenvalue weighted by atomic mass is 10.2. The smallest absolute Gasteiger partial charge is 0.407 e. The van der Waals surface area contributed by atoms with Crippen LogP contribution in [0.1, 0.15) is 40.5 Å². The van der Waals surface area contributed by atoms with E-state index in [1.54, 1.807) is 7.11 Å². The Kier molecular flexibility index (Phi) is 10.3. The van der Waals surface area contributed by atoms with Crippen LogP contribution in [-0.2, 0) is 9.47 Å². The van der Waals surface area contributed by atoms with Crippen molar-refractivity contribution in [2.45, 2.75) is 52.2 Å². The van der Waals surface area contributed by atoms with Crippen LogP contribution < -0.4 is 16.0 Å². The van der Waals surface area contributed by atoms with E-state index >= 15 is 0 Å². The Balaban J connectivity index is 2.35. The van der Waals surface area contributed by atoms with Crippen LogP contribution in [0.15, 0.2) is 4.99 Å². The van der Waals surface area contributed by atoms with E-state index in [2.05, 4.69) is 20.9 Å². The first-order chi connectivity index (χ1) is 12.4. The summed E-state index contributed by atoms with van der Waals surface area (Å²) < 4.78 is 10.4. The molecule has 3 N–H and O–H groups in total. The van der Waals surface area contributed by atoms with Gasteiger partial charge in [-0.1, -0.05) is 0 Å². The molecule has 0 saturated carbocycles. The molecule has 1 amide bonds. The van der Waals surface area contributed by atoms with Gasteiger partial charge in [-0.2, -0.15) is 0 Å². The van der Waals surface area contributed by atoms with Crippen LogP contribution in [0.3, 0.4) is 0 Å². The van der Waals surface area contributed by atoms with Crippen LogP contribution in [0.4, 0.5) is 4.79 Å². The minimum atomic E-state index is -0.482. The quantitative estimate of drug-likeness (QED) is 0.320. The number of carbonyl (C=O) groups is 1. The Labute approximate surface area is 158 Å². The lowest BCUT2D eigenvalue weighted by molar-refractivity contribution is 0.0529. The molecule has 1 fully saturated rings. The number of alkyl carbamates (subject to hydrolysis) is 1. The summed E-state index contributed by atoms with van der Waals surface area (Å²) in [5.74, 6) is 0.775. The zero-order valence-electron chi connectivity index (χ0n) is 17.1. The average molecular weight is 372 g/mol. The van der Waals surface area contributed by atoms with Gasteiger partial charge in [0.25, 0.3) is 0 Å². The number of rotatable bonds is 9. The third kappa shape index (κ3) is 9.82. The summed E-state index contributed by atoms with van der Waals surface area (Å²) in [5.41, 5.74) is -0.482. The van der Waals surface area contributed by atoms with Crippen LogP contribution in [0.25, 0.3) is 0 Å². The molecular weight excluding hydrogens is 334 g/mol. The number of aliphatic imine (C=N–C) groups is 1. The molecule has 1 heterocycles. The number of amides is 1. The Morgan fingerprint density at radius 1 is 1.23 bits per heavy atom. The lowest BCUT2D eigenvalue weighted by Gasteiger charge is -2.23. The molecule has 0 aliphatic carbocycles. The molecular formula is C18H37N5O3. The first-order valence-corrected chi connectivity index (χ1v) is 9.57. The van der Waals surface area contributed by atoms with Crippen molar-refractivity contribution in [1.82, 2.24) is 20.9 Å². The van der Waals surface area contributed by atoms with Gasteiger partial charge in [0.15, 0.2) is 5.96 Å². The zero-order chi connectivity index (χ0) is 19.4. The van der Waals surface area contributed by atoms with E-state index in [1.165, 1.54) is 12.8 Å². The van der Waals surface area contributed by atoms with Gasteiger partial charge < -0.3 is 25.4 Å². The van der Waals surface area contributed by atoms with Crippen LogP contribution in [0.2, 0.25) is 0 Å². The van der Waals surface area contributed by atoms with Crippen molar-refractivity contribution in [3.63, 3.8) is 0 Å². The van der Waals surface area contributed by atoms with E-state index in [0.717, 1.165) is 38.7 Å². The molecule has 1 aliphatic heterocycles. The Morgan fingerprint density at radius 3 is 2.62 bits per heavy atom. The zero-order valence-corrected chi connectivity index (χ0v) is 17.1. The van der Waals surface area contributed by atoms with Crippen molar-refractivity contribution in [2.24, 2.45) is 4.99 Å². The van der Waals surface area contributed by atoms with Crippen LogP contribution >= 0.6 is 0 Å². The average Bonchev–Trinajstić information content (AvgIpc) is 3.00. The van der Waals surface area contributed by atoms with Crippen molar-refractivity contribution in [2.75, 3.05) is 53.0 Å². The molecule has 1 rings (SSSR count). The predicted molar refractivity (Wildman–Crippen MR) is 105 cm³/mol. The molecule has 8 nitrogen and oxygen atoms in total. The SMILES string of the molecule is CCNC(=NCC1CCCN1CCOC)NCCNC(=O)OC(C)(C)C. The van der Waals surface area contributed by atoms with Crippen molar-refractivity contribution in [3.05, 3.63) is 0 Å². The van der Waals surface area contributed by atoms with Crippen LogP contribution in [-0.4, -0.2) is 81.6 Å². The van der Waals surface area contributed by atoms with Gasteiger partial charge in [-0.15, -0.1) is 0 Å². The molecule has 0 spiro atoms. The molecule has 1 saturated heterocycles. The number of carbonyl (C=O) groups excluding carboxylic acids is 1. The van der Waals surface area contributed by atoms with Gasteiger partial charge in [-0.25, -0.2) is 4.79 Å². The monoisotopic (exact) mass is 371 g/mol. The molecule has 0 aromatic carbocycles. The van der Waals surface area contributed by atoms with Crippen LogP contribution in [0.5, 0.6) is 0 Å². The van der Waals surface area contributed by atoms with Crippen molar-refractivity contribution in [1.29, 1.82) is 0 Å². The number of nitrogens with zero attached hydrogens (tertiary/aromatic N) is 2. The molecule has 26 heavy (non-hydrogen) atoms. The maximum atomic E-state index is 11.6. The second-order valence-corrected chi connectivity index (χ2v) is 7.40. The third-order valence-electron chi connectivity index (χ3n) is 3.97. The molecule has 0 aromatic rings. The fourth-order valence-corrected chi connectivity index (χ4v) is 2.80. The summed E-state index contributed by atoms with van der Waals surface area (Å²) in [4.78, 5) is 18.8. The Hall–Kier alpha value is -1.54. The van der Waals surface area contributed by atoms with Gasteiger partial charge in [0, 0.05) is 39.3 Å². The van der Waals surface area contributed by atoms with E-state index < -0.39 is 11.7 Å². The molecule has 1 aliphatic rings. The molecule has 0 bridgehead atoms. The molecule has 0 radical (unpaired) electrons. The number of guanidine groups is 1. The minimum Gasteiger partial charge on any atom is -0.444 e. The number of hydrogen-bond acceptors (Lipinski definition) is 5. The fourth-order valence-electron chi connectivity index (χ4n) is 2.80. The van der Waals surface area contributed by atoms with Crippen molar-refractivity contribution in [3.8, 4) is 0 Å². The van der Waals surface area contributed by atoms with Crippen molar-refractivity contribution >= 4 is 12.1 Å². The Bertz CT molecular complexity index is 437. The number of likely N-dealkylation sites (tertiary alicyclic amines) is 1. The number of hydrogen-bond donors (Lipinski definition) is 3. The molecule has 152 valence electrons. The number of ether oxygens (including phenoxy) is 2. The standard InChI is InChI=1S/C18H37N5O3/c1-6-19-16(20-9-10-21-17(24)26-18(2,3)4)22-14-15-8-7-11-23(15)12-13-25-5/h15H,6-14H2,1-5H3,(H,21,24)(H2,19,20,22). The molecule has 1 atom stereocenters. The van der Waals surface area contributed by atoms with E-state index in [9.17, 15) is 4.79 Å². The minimum absolute atomic E-state index is 0.402. The molecule has 8 heteroatoms. The number of nitrogens with one attached hydrogen (secondary N) is 3. The fraction of sp³-hybridized carbons (Fsp3) is 0.889. The van der Waals surface area contributed by atoms with E-state index in [4.69, 9.17) is 14.5 Å². The predicted octanol–water partition coefficient (Wildman–Crippen LogP) is 1.18. The Morgan fingerprint density at radius 2 is 1.96 bits per heavy atom. The topological polar surface area (TPSA) is 87.2 Å². The summed E-state index contributed by atoms with van der Waals surface area (Å²) in [6.07, 6.45) is 1.99. The van der Waals surface area contributed by atoms with E-state index in [-0.39, 0.29) is 0 Å². The summed E-state index contributed by atoms with van der Waals surface area (Å²) in [6.45, 7) is 13.0. The van der Waals surface area contributed by atoms with E-state index in [1.807, 2.05) is 27.7 Å². The summed E-state index contributed by atoms with van der Waals surface area (Å²) in [6, 6.07) is 0.473. The second-order valence-electron chi connectivity index (χ2n) is 7.40. The summed E-state index contributed by atoms with van der Waals surface area (Å²) >= 11 is 0. The third-order valence-corrected chi connectivity index (χ3v) is 3.97. The number of methoxy groups -OCH3 is 1. The summed E-state index contributed by atoms with van der Waals surface area (Å²) in [7, 11) is 1.74. The summed E-state index contributed by atoms with van der Waals surface area (Å²) in [5, 5.41) is 9.22. The first kappa shape index (κ1) is 22.5. The van der Waals surface area contributed by atoms with Gasteiger partial charge in [0.1, 0.15) is 5.60 Å². The molecule has 0 aromatic heterocycles. The lowest BCUT2D eigenvalue weighted by Crippen LogP contribution is -2.43. The normalized spacial score (nSPS) is 18.7. The maximum absolute atomic E-state index is 11.6.